The average molecular weight is 232 g/mol. The number of hydrogen-bond donors (Lipinski definition) is 3. The first kappa shape index (κ1) is 11.5. The van der Waals surface area contributed by atoms with Gasteiger partial charge in [0.15, 0.2) is 0 Å². The Morgan fingerprint density at radius 2 is 2.12 bits per heavy atom. The van der Waals surface area contributed by atoms with E-state index < -0.39 is 11.4 Å². The lowest BCUT2D eigenvalue weighted by Crippen LogP contribution is -2.31. The predicted octanol–water partition coefficient (Wildman–Crippen LogP) is 2.69. The number of aromatic nitrogens is 1. The van der Waals surface area contributed by atoms with Gasteiger partial charge in [-0.3, -0.25) is 4.79 Å². The highest BCUT2D eigenvalue weighted by atomic mass is 16.4. The van der Waals surface area contributed by atoms with Crippen LogP contribution in [-0.2, 0) is 4.79 Å². The molecule has 4 heteroatoms. The highest BCUT2D eigenvalue weighted by Gasteiger charge is 2.26. The van der Waals surface area contributed by atoms with Gasteiger partial charge in [-0.05, 0) is 19.9 Å². The van der Waals surface area contributed by atoms with Crippen molar-refractivity contribution in [3.05, 3.63) is 30.5 Å². The quantitative estimate of drug-likeness (QED) is 0.759. The Kier molecular flexibility index (Phi) is 2.79. The molecule has 0 aliphatic heterocycles. The van der Waals surface area contributed by atoms with Crippen LogP contribution >= 0.6 is 0 Å². The summed E-state index contributed by atoms with van der Waals surface area (Å²) in [6, 6.07) is 7.91. The Balaban J connectivity index is 2.17. The van der Waals surface area contributed by atoms with Crippen LogP contribution in [0.4, 0.5) is 5.69 Å². The molecule has 90 valence electrons. The molecule has 0 saturated heterocycles. The van der Waals surface area contributed by atoms with Gasteiger partial charge in [0.2, 0.25) is 0 Å². The number of benzene rings is 1. The summed E-state index contributed by atoms with van der Waals surface area (Å²) in [6.45, 7) is 3.80. The van der Waals surface area contributed by atoms with Crippen LogP contribution in [0.15, 0.2) is 30.5 Å². The van der Waals surface area contributed by atoms with Crippen molar-refractivity contribution in [2.45, 2.75) is 13.8 Å². The van der Waals surface area contributed by atoms with Crippen LogP contribution in [0.3, 0.4) is 0 Å². The minimum absolute atomic E-state index is 0.393. The summed E-state index contributed by atoms with van der Waals surface area (Å²) >= 11 is 0. The second kappa shape index (κ2) is 4.13. The molecule has 0 radical (unpaired) electrons. The van der Waals surface area contributed by atoms with Crippen LogP contribution in [0.2, 0.25) is 0 Å². The van der Waals surface area contributed by atoms with Crippen LogP contribution in [0, 0.1) is 5.41 Å². The topological polar surface area (TPSA) is 65.1 Å². The highest BCUT2D eigenvalue weighted by Crippen LogP contribution is 2.24. The molecular weight excluding hydrogens is 216 g/mol. The van der Waals surface area contributed by atoms with Crippen molar-refractivity contribution in [3.8, 4) is 0 Å². The molecule has 1 aromatic carbocycles. The lowest BCUT2D eigenvalue weighted by atomic mass is 9.94. The van der Waals surface area contributed by atoms with Crippen molar-refractivity contribution < 1.29 is 9.90 Å². The van der Waals surface area contributed by atoms with Crippen LogP contribution in [0.25, 0.3) is 10.9 Å². The molecule has 1 heterocycles. The van der Waals surface area contributed by atoms with Crippen molar-refractivity contribution in [1.82, 2.24) is 4.98 Å². The Labute approximate surface area is 99.7 Å². The number of H-pyrrole nitrogens is 1. The maximum absolute atomic E-state index is 11.0. The van der Waals surface area contributed by atoms with E-state index in [1.165, 1.54) is 0 Å². The summed E-state index contributed by atoms with van der Waals surface area (Å²) in [4.78, 5) is 14.1. The van der Waals surface area contributed by atoms with Crippen molar-refractivity contribution in [1.29, 1.82) is 0 Å². The molecule has 17 heavy (non-hydrogen) atoms. The van der Waals surface area contributed by atoms with Gasteiger partial charge < -0.3 is 15.4 Å². The molecule has 0 amide bonds. The van der Waals surface area contributed by atoms with Gasteiger partial charge in [-0.2, -0.15) is 0 Å². The van der Waals surface area contributed by atoms with E-state index in [2.05, 4.69) is 10.3 Å². The molecule has 2 rings (SSSR count). The van der Waals surface area contributed by atoms with E-state index >= 15 is 0 Å². The molecule has 0 bridgehead atoms. The number of para-hydroxylation sites is 1. The molecule has 1 aromatic heterocycles. The van der Waals surface area contributed by atoms with E-state index in [1.807, 2.05) is 30.5 Å². The van der Waals surface area contributed by atoms with Gasteiger partial charge in [-0.15, -0.1) is 0 Å². The van der Waals surface area contributed by atoms with Crippen molar-refractivity contribution in [3.63, 3.8) is 0 Å². The molecule has 4 nitrogen and oxygen atoms in total. The number of carbonyl (C=O) groups is 1. The summed E-state index contributed by atoms with van der Waals surface area (Å²) in [5, 5.41) is 13.3. The second-order valence-electron chi connectivity index (χ2n) is 4.79. The highest BCUT2D eigenvalue weighted by molar-refractivity contribution is 5.92. The molecule has 2 aromatic rings. The van der Waals surface area contributed by atoms with E-state index in [0.717, 1.165) is 16.6 Å². The van der Waals surface area contributed by atoms with E-state index in [4.69, 9.17) is 5.11 Å². The molecule has 0 aliphatic rings. The molecule has 0 fully saturated rings. The number of hydrogen-bond acceptors (Lipinski definition) is 2. The zero-order valence-corrected chi connectivity index (χ0v) is 9.95. The number of carboxylic acid groups (broad SMARTS) is 1. The largest absolute Gasteiger partial charge is 0.481 e. The molecular formula is C13H16N2O2. The number of aromatic amines is 1. The van der Waals surface area contributed by atoms with Gasteiger partial charge in [0.25, 0.3) is 0 Å². The predicted molar refractivity (Wildman–Crippen MR) is 68.2 cm³/mol. The maximum Gasteiger partial charge on any atom is 0.310 e. The molecule has 0 saturated carbocycles. The third-order valence-electron chi connectivity index (χ3n) is 2.89. The third-order valence-corrected chi connectivity index (χ3v) is 2.89. The van der Waals surface area contributed by atoms with Gasteiger partial charge in [0, 0.05) is 23.6 Å². The van der Waals surface area contributed by atoms with Crippen LogP contribution < -0.4 is 5.32 Å². The van der Waals surface area contributed by atoms with Gasteiger partial charge in [0.1, 0.15) is 0 Å². The summed E-state index contributed by atoms with van der Waals surface area (Å²) in [5.74, 6) is -0.801. The summed E-state index contributed by atoms with van der Waals surface area (Å²) in [5.41, 5.74) is 1.20. The fourth-order valence-corrected chi connectivity index (χ4v) is 1.61. The third kappa shape index (κ3) is 2.25. The van der Waals surface area contributed by atoms with E-state index in [-0.39, 0.29) is 0 Å². The molecule has 0 unspecified atom stereocenters. The average Bonchev–Trinajstić information content (AvgIpc) is 2.69. The lowest BCUT2D eigenvalue weighted by molar-refractivity contribution is -0.146. The summed E-state index contributed by atoms with van der Waals surface area (Å²) in [6.07, 6.45) is 1.86. The molecule has 0 aliphatic carbocycles. The van der Waals surface area contributed by atoms with Gasteiger partial charge >= 0.3 is 5.97 Å². The first-order valence-electron chi connectivity index (χ1n) is 5.54. The fourth-order valence-electron chi connectivity index (χ4n) is 1.61. The Morgan fingerprint density at radius 3 is 2.82 bits per heavy atom. The number of anilines is 1. The van der Waals surface area contributed by atoms with Gasteiger partial charge in [-0.25, -0.2) is 0 Å². The van der Waals surface area contributed by atoms with Crippen molar-refractivity contribution in [2.24, 2.45) is 5.41 Å². The fraction of sp³-hybridized carbons (Fsp3) is 0.308. The SMILES string of the molecule is CC(C)(CNc1c[nH]c2ccccc12)C(=O)O. The summed E-state index contributed by atoms with van der Waals surface area (Å²) < 4.78 is 0. The monoisotopic (exact) mass is 232 g/mol. The standard InChI is InChI=1S/C13H16N2O2/c1-13(2,12(16)17)8-15-11-7-14-10-6-4-3-5-9(10)11/h3-7,14-15H,8H2,1-2H3,(H,16,17). The van der Waals surface area contributed by atoms with Gasteiger partial charge in [0.05, 0.1) is 11.1 Å². The minimum atomic E-state index is -0.801. The first-order valence-corrected chi connectivity index (χ1v) is 5.54. The normalized spacial score (nSPS) is 11.6. The van der Waals surface area contributed by atoms with Crippen LogP contribution in [-0.4, -0.2) is 22.6 Å². The van der Waals surface area contributed by atoms with Crippen LogP contribution in [0.1, 0.15) is 13.8 Å². The Morgan fingerprint density at radius 1 is 1.41 bits per heavy atom. The van der Waals surface area contributed by atoms with Crippen LogP contribution in [0.5, 0.6) is 0 Å². The number of aliphatic carboxylic acids is 1. The summed E-state index contributed by atoms with van der Waals surface area (Å²) in [7, 11) is 0. The number of nitrogens with one attached hydrogen (secondary N) is 2. The number of fused-ring (bicyclic) bond motifs is 1. The van der Waals surface area contributed by atoms with Crippen molar-refractivity contribution >= 4 is 22.6 Å². The minimum Gasteiger partial charge on any atom is -0.481 e. The Bertz CT molecular complexity index is 543. The smallest absolute Gasteiger partial charge is 0.310 e. The zero-order chi connectivity index (χ0) is 12.5. The molecule has 3 N–H and O–H groups in total. The Hall–Kier alpha value is -1.97. The maximum atomic E-state index is 11.0. The molecule has 0 atom stereocenters. The first-order chi connectivity index (χ1) is 8.00. The van der Waals surface area contributed by atoms with Crippen molar-refractivity contribution in [2.75, 3.05) is 11.9 Å². The second-order valence-corrected chi connectivity index (χ2v) is 4.79. The van der Waals surface area contributed by atoms with E-state index in [1.54, 1.807) is 13.8 Å². The molecule has 0 spiro atoms. The number of carboxylic acids is 1. The zero-order valence-electron chi connectivity index (χ0n) is 9.95. The lowest BCUT2D eigenvalue weighted by Gasteiger charge is -2.19. The number of rotatable bonds is 4. The van der Waals surface area contributed by atoms with Gasteiger partial charge in [-0.1, -0.05) is 18.2 Å². The van der Waals surface area contributed by atoms with E-state index in [0.29, 0.717) is 6.54 Å². The van der Waals surface area contributed by atoms with E-state index in [9.17, 15) is 4.79 Å².